The number of aromatic amines is 1. The van der Waals surface area contributed by atoms with E-state index in [1.165, 1.54) is 0 Å². The third kappa shape index (κ3) is 4.03. The first-order valence-electron chi connectivity index (χ1n) is 5.69. The van der Waals surface area contributed by atoms with Crippen LogP contribution in [0.5, 0.6) is 5.75 Å². The minimum Gasteiger partial charge on any atom is -0.484 e. The Kier molecular flexibility index (Phi) is 4.40. The van der Waals surface area contributed by atoms with Gasteiger partial charge in [0.2, 0.25) is 0 Å². The second kappa shape index (κ2) is 6.45. The van der Waals surface area contributed by atoms with Crippen LogP contribution in [-0.2, 0) is 17.9 Å². The van der Waals surface area contributed by atoms with E-state index < -0.39 is 0 Å². The number of H-pyrrole nitrogens is 1. The SMILES string of the molecule is NCc1ccc(OCC(=O)NCc2nn[nH]n2)cc1. The summed E-state index contributed by atoms with van der Waals surface area (Å²) in [7, 11) is 0. The maximum absolute atomic E-state index is 11.5. The molecule has 1 aromatic carbocycles. The molecule has 0 aliphatic carbocycles. The summed E-state index contributed by atoms with van der Waals surface area (Å²) < 4.78 is 5.32. The summed E-state index contributed by atoms with van der Waals surface area (Å²) in [5, 5.41) is 15.7. The highest BCUT2D eigenvalue weighted by Crippen LogP contribution is 2.11. The van der Waals surface area contributed by atoms with Crippen molar-refractivity contribution in [2.24, 2.45) is 5.73 Å². The number of hydrogen-bond acceptors (Lipinski definition) is 6. The Morgan fingerprint density at radius 1 is 1.37 bits per heavy atom. The summed E-state index contributed by atoms with van der Waals surface area (Å²) >= 11 is 0. The summed E-state index contributed by atoms with van der Waals surface area (Å²) in [6.07, 6.45) is 0. The third-order valence-corrected chi connectivity index (χ3v) is 2.36. The fourth-order valence-corrected chi connectivity index (χ4v) is 1.36. The highest BCUT2D eigenvalue weighted by atomic mass is 16.5. The molecule has 0 unspecified atom stereocenters. The van der Waals surface area contributed by atoms with Crippen molar-refractivity contribution in [3.63, 3.8) is 0 Å². The summed E-state index contributed by atoms with van der Waals surface area (Å²) in [6.45, 7) is 0.621. The monoisotopic (exact) mass is 262 g/mol. The van der Waals surface area contributed by atoms with Crippen molar-refractivity contribution in [1.82, 2.24) is 25.9 Å². The number of nitrogens with one attached hydrogen (secondary N) is 2. The molecule has 1 aromatic heterocycles. The molecule has 1 amide bonds. The molecule has 0 spiro atoms. The average Bonchev–Trinajstić information content (AvgIpc) is 2.96. The van der Waals surface area contributed by atoms with Gasteiger partial charge in [-0.1, -0.05) is 17.3 Å². The first kappa shape index (κ1) is 13.0. The fraction of sp³-hybridized carbons (Fsp3) is 0.273. The normalized spacial score (nSPS) is 10.2. The zero-order valence-corrected chi connectivity index (χ0v) is 10.2. The number of amides is 1. The second-order valence-corrected chi connectivity index (χ2v) is 3.74. The van der Waals surface area contributed by atoms with Crippen LogP contribution in [0.4, 0.5) is 0 Å². The van der Waals surface area contributed by atoms with Crippen molar-refractivity contribution in [1.29, 1.82) is 0 Å². The molecule has 2 aromatic rings. The van der Waals surface area contributed by atoms with Crippen LogP contribution >= 0.6 is 0 Å². The van der Waals surface area contributed by atoms with Gasteiger partial charge in [0.25, 0.3) is 5.91 Å². The zero-order valence-electron chi connectivity index (χ0n) is 10.2. The molecule has 0 fully saturated rings. The van der Waals surface area contributed by atoms with Gasteiger partial charge in [0, 0.05) is 6.54 Å². The van der Waals surface area contributed by atoms with Gasteiger partial charge in [-0.15, -0.1) is 10.2 Å². The fourth-order valence-electron chi connectivity index (χ4n) is 1.36. The minimum absolute atomic E-state index is 0.0696. The van der Waals surface area contributed by atoms with Gasteiger partial charge in [0.15, 0.2) is 12.4 Å². The van der Waals surface area contributed by atoms with E-state index in [-0.39, 0.29) is 19.1 Å². The molecule has 0 aliphatic heterocycles. The van der Waals surface area contributed by atoms with E-state index in [9.17, 15) is 4.79 Å². The number of benzene rings is 1. The number of aromatic nitrogens is 4. The van der Waals surface area contributed by atoms with Crippen LogP contribution in [0.25, 0.3) is 0 Å². The number of carbonyl (C=O) groups is 1. The van der Waals surface area contributed by atoms with Crippen LogP contribution in [0, 0.1) is 0 Å². The maximum Gasteiger partial charge on any atom is 0.258 e. The Bertz CT molecular complexity index is 510. The van der Waals surface area contributed by atoms with Crippen LogP contribution in [0.15, 0.2) is 24.3 Å². The van der Waals surface area contributed by atoms with Gasteiger partial charge in [-0.3, -0.25) is 4.79 Å². The van der Waals surface area contributed by atoms with E-state index in [4.69, 9.17) is 10.5 Å². The Morgan fingerprint density at radius 2 is 2.16 bits per heavy atom. The van der Waals surface area contributed by atoms with Gasteiger partial charge in [-0.2, -0.15) is 5.21 Å². The van der Waals surface area contributed by atoms with Crippen molar-refractivity contribution < 1.29 is 9.53 Å². The largest absolute Gasteiger partial charge is 0.484 e. The third-order valence-electron chi connectivity index (χ3n) is 2.36. The molecule has 0 saturated heterocycles. The lowest BCUT2D eigenvalue weighted by Gasteiger charge is -2.06. The highest BCUT2D eigenvalue weighted by molar-refractivity contribution is 5.77. The maximum atomic E-state index is 11.5. The predicted octanol–water partition coefficient (Wildman–Crippen LogP) is -0.646. The quantitative estimate of drug-likeness (QED) is 0.636. The highest BCUT2D eigenvalue weighted by Gasteiger charge is 2.04. The number of nitrogens with zero attached hydrogens (tertiary/aromatic N) is 3. The van der Waals surface area contributed by atoms with Crippen molar-refractivity contribution in [2.75, 3.05) is 6.61 Å². The Labute approximate surface area is 109 Å². The molecular formula is C11H14N6O2. The summed E-state index contributed by atoms with van der Waals surface area (Å²) in [5.41, 5.74) is 6.49. The van der Waals surface area contributed by atoms with Crippen molar-refractivity contribution in [2.45, 2.75) is 13.1 Å². The van der Waals surface area contributed by atoms with Crippen LogP contribution < -0.4 is 15.8 Å². The van der Waals surface area contributed by atoms with E-state index in [0.717, 1.165) is 5.56 Å². The molecule has 0 saturated carbocycles. The minimum atomic E-state index is -0.257. The van der Waals surface area contributed by atoms with Gasteiger partial charge in [-0.05, 0) is 17.7 Å². The van der Waals surface area contributed by atoms with Crippen LogP contribution in [0.1, 0.15) is 11.4 Å². The van der Waals surface area contributed by atoms with Gasteiger partial charge >= 0.3 is 0 Å². The molecule has 1 heterocycles. The molecule has 0 radical (unpaired) electrons. The van der Waals surface area contributed by atoms with E-state index >= 15 is 0 Å². The molecule has 8 heteroatoms. The Balaban J connectivity index is 1.73. The predicted molar refractivity (Wildman–Crippen MR) is 65.9 cm³/mol. The second-order valence-electron chi connectivity index (χ2n) is 3.74. The number of carbonyl (C=O) groups excluding carboxylic acids is 1. The molecule has 100 valence electrons. The molecular weight excluding hydrogens is 248 g/mol. The Morgan fingerprint density at radius 3 is 2.79 bits per heavy atom. The van der Waals surface area contributed by atoms with Gasteiger partial charge in [-0.25, -0.2) is 0 Å². The zero-order chi connectivity index (χ0) is 13.5. The number of rotatable bonds is 6. The van der Waals surface area contributed by atoms with E-state index in [2.05, 4.69) is 25.9 Å². The standard InChI is InChI=1S/C11H14N6O2/c12-5-8-1-3-9(4-2-8)19-7-11(18)13-6-10-14-16-17-15-10/h1-4H,5-7,12H2,(H,13,18)(H,14,15,16,17). The number of ether oxygens (including phenoxy) is 1. The van der Waals surface area contributed by atoms with Gasteiger partial charge < -0.3 is 15.8 Å². The molecule has 4 N–H and O–H groups in total. The van der Waals surface area contributed by atoms with Crippen LogP contribution in [0.2, 0.25) is 0 Å². The molecule has 0 bridgehead atoms. The van der Waals surface area contributed by atoms with E-state index in [1.54, 1.807) is 12.1 Å². The van der Waals surface area contributed by atoms with E-state index in [1.807, 2.05) is 12.1 Å². The smallest absolute Gasteiger partial charge is 0.258 e. The van der Waals surface area contributed by atoms with Crippen molar-refractivity contribution in [3.8, 4) is 5.75 Å². The molecule has 2 rings (SSSR count). The molecule has 0 atom stereocenters. The molecule has 8 nitrogen and oxygen atoms in total. The Hall–Kier alpha value is -2.48. The number of hydrogen-bond donors (Lipinski definition) is 3. The van der Waals surface area contributed by atoms with Crippen LogP contribution in [-0.4, -0.2) is 33.1 Å². The van der Waals surface area contributed by atoms with Gasteiger partial charge in [0.05, 0.1) is 6.54 Å². The average molecular weight is 262 g/mol. The first-order chi connectivity index (χ1) is 9.28. The topological polar surface area (TPSA) is 119 Å². The lowest BCUT2D eigenvalue weighted by molar-refractivity contribution is -0.123. The van der Waals surface area contributed by atoms with Crippen LogP contribution in [0.3, 0.4) is 0 Å². The summed E-state index contributed by atoms with van der Waals surface area (Å²) in [6, 6.07) is 7.25. The summed E-state index contributed by atoms with van der Waals surface area (Å²) in [4.78, 5) is 11.5. The summed E-state index contributed by atoms with van der Waals surface area (Å²) in [5.74, 6) is 0.778. The van der Waals surface area contributed by atoms with E-state index in [0.29, 0.717) is 18.1 Å². The molecule has 19 heavy (non-hydrogen) atoms. The lowest BCUT2D eigenvalue weighted by atomic mass is 10.2. The molecule has 0 aliphatic rings. The lowest BCUT2D eigenvalue weighted by Crippen LogP contribution is -2.28. The first-order valence-corrected chi connectivity index (χ1v) is 5.69. The number of nitrogens with two attached hydrogens (primary N) is 1. The van der Waals surface area contributed by atoms with Crippen molar-refractivity contribution in [3.05, 3.63) is 35.7 Å². The number of tetrazole rings is 1. The van der Waals surface area contributed by atoms with Gasteiger partial charge in [0.1, 0.15) is 5.75 Å². The van der Waals surface area contributed by atoms with Crippen molar-refractivity contribution >= 4 is 5.91 Å².